The predicted octanol–water partition coefficient (Wildman–Crippen LogP) is 4.70. The van der Waals surface area contributed by atoms with Crippen LogP contribution in [0, 0.1) is 0 Å². The van der Waals surface area contributed by atoms with E-state index in [1.54, 1.807) is 23.7 Å². The lowest BCUT2D eigenvalue weighted by atomic mass is 10.2. The summed E-state index contributed by atoms with van der Waals surface area (Å²) in [5.74, 6) is 0.111. The van der Waals surface area contributed by atoms with Crippen molar-refractivity contribution in [2.24, 2.45) is 0 Å². The second-order valence-corrected chi connectivity index (χ2v) is 7.96. The highest BCUT2D eigenvalue weighted by Gasteiger charge is 2.11. The number of aromatic nitrogens is 3. The van der Waals surface area contributed by atoms with Crippen LogP contribution < -0.4 is 5.32 Å². The fraction of sp³-hybridized carbons (Fsp3) is 0.0769. The van der Waals surface area contributed by atoms with E-state index in [1.807, 2.05) is 5.38 Å². The predicted molar refractivity (Wildman–Crippen MR) is 96.8 cm³/mol. The summed E-state index contributed by atoms with van der Waals surface area (Å²) < 4.78 is 0.757. The van der Waals surface area contributed by atoms with Crippen molar-refractivity contribution in [1.29, 1.82) is 0 Å². The number of nitrogens with zero attached hydrogens (tertiary/aromatic N) is 3. The number of rotatable bonds is 5. The van der Waals surface area contributed by atoms with E-state index in [0.29, 0.717) is 20.9 Å². The molecule has 0 bridgehead atoms. The molecule has 0 fully saturated rings. The molecular weight excluding hydrogens is 395 g/mol. The van der Waals surface area contributed by atoms with Gasteiger partial charge in [-0.05, 0) is 18.2 Å². The third kappa shape index (κ3) is 4.42. The second-order valence-electron chi connectivity index (χ2n) is 4.20. The van der Waals surface area contributed by atoms with Crippen molar-refractivity contribution >= 4 is 68.7 Å². The Morgan fingerprint density at radius 2 is 2.17 bits per heavy atom. The maximum Gasteiger partial charge on any atom is 0.236 e. The molecule has 10 heteroatoms. The van der Waals surface area contributed by atoms with E-state index in [2.05, 4.69) is 20.5 Å². The minimum atomic E-state index is -0.145. The first kappa shape index (κ1) is 16.7. The van der Waals surface area contributed by atoms with Gasteiger partial charge in [0, 0.05) is 16.0 Å². The first-order chi connectivity index (χ1) is 11.1. The van der Waals surface area contributed by atoms with E-state index in [1.165, 1.54) is 34.4 Å². The van der Waals surface area contributed by atoms with Gasteiger partial charge in [-0.3, -0.25) is 4.79 Å². The zero-order chi connectivity index (χ0) is 16.2. The van der Waals surface area contributed by atoms with Gasteiger partial charge < -0.3 is 5.32 Å². The monoisotopic (exact) mass is 402 g/mol. The van der Waals surface area contributed by atoms with Crippen LogP contribution in [0.25, 0.3) is 11.3 Å². The molecule has 0 saturated heterocycles. The van der Waals surface area contributed by atoms with Gasteiger partial charge in [0.2, 0.25) is 5.91 Å². The van der Waals surface area contributed by atoms with Gasteiger partial charge in [0.25, 0.3) is 0 Å². The second kappa shape index (κ2) is 7.59. The van der Waals surface area contributed by atoms with Crippen LogP contribution in [0.15, 0.2) is 33.4 Å². The first-order valence-electron chi connectivity index (χ1n) is 6.21. The number of benzene rings is 1. The van der Waals surface area contributed by atoms with E-state index in [4.69, 9.17) is 23.2 Å². The molecule has 2 aromatic heterocycles. The molecule has 3 aromatic rings. The van der Waals surface area contributed by atoms with E-state index in [0.717, 1.165) is 9.90 Å². The summed E-state index contributed by atoms with van der Waals surface area (Å²) in [6, 6.07) is 5.21. The molecule has 0 unspecified atom stereocenters. The van der Waals surface area contributed by atoms with Crippen molar-refractivity contribution in [2.75, 3.05) is 11.1 Å². The van der Waals surface area contributed by atoms with E-state index in [9.17, 15) is 4.79 Å². The highest BCUT2D eigenvalue weighted by atomic mass is 35.5. The summed E-state index contributed by atoms with van der Waals surface area (Å²) in [6.45, 7) is 0. The molecule has 0 radical (unpaired) electrons. The molecule has 0 spiro atoms. The van der Waals surface area contributed by atoms with Crippen LogP contribution in [0.5, 0.6) is 0 Å². The lowest BCUT2D eigenvalue weighted by Gasteiger charge is -2.01. The number of amides is 1. The molecule has 1 N–H and O–H groups in total. The quantitative estimate of drug-likeness (QED) is 0.626. The maximum absolute atomic E-state index is 11.9. The Labute approximate surface area is 154 Å². The highest BCUT2D eigenvalue weighted by Crippen LogP contribution is 2.32. The lowest BCUT2D eigenvalue weighted by molar-refractivity contribution is -0.113. The third-order valence-corrected chi connectivity index (χ3v) is 5.79. The van der Waals surface area contributed by atoms with Crippen LogP contribution in [0.1, 0.15) is 0 Å². The fourth-order valence-corrected chi connectivity index (χ4v) is 4.18. The van der Waals surface area contributed by atoms with Crippen molar-refractivity contribution in [3.05, 3.63) is 39.1 Å². The fourth-order valence-electron chi connectivity index (χ4n) is 1.66. The Balaban J connectivity index is 1.63. The minimum Gasteiger partial charge on any atom is -0.301 e. The van der Waals surface area contributed by atoms with Crippen LogP contribution in [0.4, 0.5) is 5.13 Å². The molecule has 0 saturated carbocycles. The summed E-state index contributed by atoms with van der Waals surface area (Å²) in [5, 5.41) is 13.8. The molecule has 0 atom stereocenters. The SMILES string of the molecule is O=C(CSc1nncs1)Nc1nc(-c2ccc(Cl)cc2Cl)cs1. The smallest absolute Gasteiger partial charge is 0.236 e. The number of halogens is 2. The van der Waals surface area contributed by atoms with Gasteiger partial charge in [-0.2, -0.15) is 0 Å². The molecule has 5 nitrogen and oxygen atoms in total. The Bertz CT molecular complexity index is 823. The normalized spacial score (nSPS) is 10.7. The van der Waals surface area contributed by atoms with Crippen LogP contribution in [0.2, 0.25) is 10.0 Å². The van der Waals surface area contributed by atoms with Gasteiger partial charge in [-0.25, -0.2) is 4.98 Å². The summed E-state index contributed by atoms with van der Waals surface area (Å²) in [6.07, 6.45) is 0. The van der Waals surface area contributed by atoms with Crippen LogP contribution >= 0.6 is 57.6 Å². The summed E-state index contributed by atoms with van der Waals surface area (Å²) >= 11 is 16.1. The topological polar surface area (TPSA) is 67.8 Å². The number of hydrogen-bond acceptors (Lipinski definition) is 7. The van der Waals surface area contributed by atoms with Crippen molar-refractivity contribution < 1.29 is 4.79 Å². The molecule has 0 aliphatic heterocycles. The summed E-state index contributed by atoms with van der Waals surface area (Å²) in [5.41, 5.74) is 3.10. The van der Waals surface area contributed by atoms with Gasteiger partial charge in [-0.15, -0.1) is 21.5 Å². The van der Waals surface area contributed by atoms with E-state index >= 15 is 0 Å². The molecule has 0 aliphatic rings. The van der Waals surface area contributed by atoms with Gasteiger partial charge in [0.1, 0.15) is 5.51 Å². The molecule has 23 heavy (non-hydrogen) atoms. The zero-order valence-corrected chi connectivity index (χ0v) is 15.3. The highest BCUT2D eigenvalue weighted by molar-refractivity contribution is 8.01. The Kier molecular flexibility index (Phi) is 5.50. The standard InChI is InChI=1S/C13H8Cl2N4OS3/c14-7-1-2-8(9(15)3-7)10-4-21-12(17-10)18-11(20)5-22-13-19-16-6-23-13/h1-4,6H,5H2,(H,17,18,20). The van der Waals surface area contributed by atoms with Gasteiger partial charge in [-0.1, -0.05) is 46.3 Å². The molecule has 1 amide bonds. The van der Waals surface area contributed by atoms with Crippen LogP contribution in [-0.2, 0) is 4.79 Å². The molecule has 0 aliphatic carbocycles. The molecule has 118 valence electrons. The number of thioether (sulfide) groups is 1. The Hall–Kier alpha value is -1.19. The van der Waals surface area contributed by atoms with Crippen molar-refractivity contribution in [2.45, 2.75) is 4.34 Å². The molecule has 3 rings (SSSR count). The third-order valence-electron chi connectivity index (χ3n) is 2.62. The number of thiazole rings is 1. The van der Waals surface area contributed by atoms with Crippen molar-refractivity contribution in [3.8, 4) is 11.3 Å². The van der Waals surface area contributed by atoms with Crippen molar-refractivity contribution in [3.63, 3.8) is 0 Å². The summed E-state index contributed by atoms with van der Waals surface area (Å²) in [7, 11) is 0. The number of carbonyl (C=O) groups is 1. The Morgan fingerprint density at radius 3 is 2.91 bits per heavy atom. The molecule has 1 aromatic carbocycles. The van der Waals surface area contributed by atoms with Gasteiger partial charge >= 0.3 is 0 Å². The van der Waals surface area contributed by atoms with Crippen molar-refractivity contribution in [1.82, 2.24) is 15.2 Å². The first-order valence-corrected chi connectivity index (χ1v) is 9.71. The van der Waals surface area contributed by atoms with E-state index < -0.39 is 0 Å². The maximum atomic E-state index is 11.9. The number of nitrogens with one attached hydrogen (secondary N) is 1. The largest absolute Gasteiger partial charge is 0.301 e. The van der Waals surface area contributed by atoms with Crippen LogP contribution in [0.3, 0.4) is 0 Å². The van der Waals surface area contributed by atoms with E-state index in [-0.39, 0.29) is 11.7 Å². The minimum absolute atomic E-state index is 0.145. The lowest BCUT2D eigenvalue weighted by Crippen LogP contribution is -2.13. The molecule has 2 heterocycles. The Morgan fingerprint density at radius 1 is 1.30 bits per heavy atom. The van der Waals surface area contributed by atoms with Gasteiger partial charge in [0.05, 0.1) is 16.5 Å². The van der Waals surface area contributed by atoms with Crippen LogP contribution in [-0.4, -0.2) is 26.8 Å². The average molecular weight is 403 g/mol. The average Bonchev–Trinajstić information content (AvgIpc) is 3.17. The number of carbonyl (C=O) groups excluding carboxylic acids is 1. The van der Waals surface area contributed by atoms with Gasteiger partial charge in [0.15, 0.2) is 9.47 Å². The number of hydrogen-bond donors (Lipinski definition) is 1. The molecular formula is C13H8Cl2N4OS3. The number of anilines is 1. The zero-order valence-electron chi connectivity index (χ0n) is 11.3. The summed E-state index contributed by atoms with van der Waals surface area (Å²) in [4.78, 5) is 16.3.